The van der Waals surface area contributed by atoms with Crippen LogP contribution in [0.3, 0.4) is 0 Å². The van der Waals surface area contributed by atoms with E-state index in [1.165, 1.54) is 0 Å². The number of nitrogens with zero attached hydrogens (tertiary/aromatic N) is 1. The predicted molar refractivity (Wildman–Crippen MR) is 62.1 cm³/mol. The molecule has 15 heavy (non-hydrogen) atoms. The molecule has 90 valence electrons. The van der Waals surface area contributed by atoms with Gasteiger partial charge < -0.3 is 15.4 Å². The number of nitrogens with one attached hydrogen (secondary N) is 1. The van der Waals surface area contributed by atoms with Crippen LogP contribution in [0.1, 0.15) is 34.6 Å². The van der Waals surface area contributed by atoms with Crippen molar-refractivity contribution in [1.82, 2.24) is 5.32 Å². The van der Waals surface area contributed by atoms with Gasteiger partial charge in [0.25, 0.3) is 0 Å². The van der Waals surface area contributed by atoms with Crippen molar-refractivity contribution < 1.29 is 9.53 Å². The maximum absolute atomic E-state index is 11.3. The molecule has 0 saturated carbocycles. The zero-order valence-electron chi connectivity index (χ0n) is 10.6. The van der Waals surface area contributed by atoms with Gasteiger partial charge >= 0.3 is 6.09 Å². The molecule has 0 heterocycles. The van der Waals surface area contributed by atoms with E-state index >= 15 is 0 Å². The largest absolute Gasteiger partial charge is 0.661 e. The number of ether oxygens (including phenoxy) is 1. The monoisotopic (exact) mass is 215 g/mol. The fraction of sp³-hybridized carbons (Fsp3) is 0.909. The molecule has 0 radical (unpaired) electrons. The van der Waals surface area contributed by atoms with Gasteiger partial charge in [-0.2, -0.15) is 7.05 Å². The summed E-state index contributed by atoms with van der Waals surface area (Å²) in [5.41, 5.74) is -0.444. The highest BCUT2D eigenvalue weighted by molar-refractivity contribution is 5.67. The first kappa shape index (κ1) is 14.2. The van der Waals surface area contributed by atoms with Crippen LogP contribution >= 0.6 is 0 Å². The topological polar surface area (TPSA) is 52.4 Å². The third kappa shape index (κ3) is 7.19. The maximum atomic E-state index is 11.3. The standard InChI is InChI=1S/C11H23N2O2/c1-8(2)9(12-6)7-13-10(14)15-11(3,4)5/h8-9H,7H2,1-6H3,(H,13,14)/q-1. The van der Waals surface area contributed by atoms with Crippen molar-refractivity contribution in [2.45, 2.75) is 46.3 Å². The van der Waals surface area contributed by atoms with E-state index < -0.39 is 5.60 Å². The SMILES string of the molecule is C[N-]C(CNC(=O)OC(C)(C)C)C(C)C. The predicted octanol–water partition coefficient (Wildman–Crippen LogP) is 2.54. The summed E-state index contributed by atoms with van der Waals surface area (Å²) >= 11 is 0. The molecule has 1 unspecified atom stereocenters. The molecule has 0 aromatic heterocycles. The average Bonchev–Trinajstić information content (AvgIpc) is 2.01. The maximum Gasteiger partial charge on any atom is 0.407 e. The third-order valence-electron chi connectivity index (χ3n) is 1.96. The Morgan fingerprint density at radius 3 is 2.27 bits per heavy atom. The van der Waals surface area contributed by atoms with Gasteiger partial charge in [0.2, 0.25) is 0 Å². The lowest BCUT2D eigenvalue weighted by Crippen LogP contribution is -2.38. The highest BCUT2D eigenvalue weighted by atomic mass is 16.6. The van der Waals surface area contributed by atoms with E-state index in [4.69, 9.17) is 4.74 Å². The van der Waals surface area contributed by atoms with E-state index in [1.807, 2.05) is 20.8 Å². The summed E-state index contributed by atoms with van der Waals surface area (Å²) in [7, 11) is 1.77. The van der Waals surface area contributed by atoms with Gasteiger partial charge in [0.15, 0.2) is 0 Å². The minimum Gasteiger partial charge on any atom is -0.661 e. The van der Waals surface area contributed by atoms with Gasteiger partial charge in [0.05, 0.1) is 0 Å². The van der Waals surface area contributed by atoms with Gasteiger partial charge in [0.1, 0.15) is 5.60 Å². The van der Waals surface area contributed by atoms with Crippen molar-refractivity contribution in [3.63, 3.8) is 0 Å². The molecule has 0 rings (SSSR count). The van der Waals surface area contributed by atoms with Gasteiger partial charge in [0, 0.05) is 6.54 Å². The van der Waals surface area contributed by atoms with Gasteiger partial charge in [-0.05, 0) is 20.8 Å². The van der Waals surface area contributed by atoms with Gasteiger partial charge in [-0.3, -0.25) is 0 Å². The molecule has 4 nitrogen and oxygen atoms in total. The van der Waals surface area contributed by atoms with Crippen LogP contribution in [0.2, 0.25) is 0 Å². The lowest BCUT2D eigenvalue weighted by molar-refractivity contribution is 0.0524. The Bertz CT molecular complexity index is 197. The third-order valence-corrected chi connectivity index (χ3v) is 1.96. The molecule has 0 bridgehead atoms. The van der Waals surface area contributed by atoms with E-state index in [0.717, 1.165) is 0 Å². The second kappa shape index (κ2) is 5.95. The summed E-state index contributed by atoms with van der Waals surface area (Å²) in [6.07, 6.45) is -0.378. The van der Waals surface area contributed by atoms with Crippen LogP contribution in [0.15, 0.2) is 0 Å². The van der Waals surface area contributed by atoms with E-state index in [0.29, 0.717) is 12.5 Å². The number of rotatable bonds is 4. The Kier molecular flexibility index (Phi) is 5.65. The number of likely N-dealkylation sites (N-methyl/N-ethyl adjacent to an activating group) is 1. The van der Waals surface area contributed by atoms with Crippen molar-refractivity contribution >= 4 is 6.09 Å². The number of hydrogen-bond acceptors (Lipinski definition) is 2. The number of carbonyl (C=O) groups excluding carboxylic acids is 1. The second-order valence-electron chi connectivity index (χ2n) is 4.95. The highest BCUT2D eigenvalue weighted by Gasteiger charge is 2.16. The van der Waals surface area contributed by atoms with Crippen LogP contribution in [0.5, 0.6) is 0 Å². The number of amides is 1. The van der Waals surface area contributed by atoms with Gasteiger partial charge in [-0.25, -0.2) is 4.79 Å². The summed E-state index contributed by atoms with van der Waals surface area (Å²) in [4.78, 5) is 11.3. The first-order valence-corrected chi connectivity index (χ1v) is 5.32. The second-order valence-corrected chi connectivity index (χ2v) is 4.95. The first-order chi connectivity index (χ1) is 6.76. The minimum absolute atomic E-state index is 0.150. The Hall–Kier alpha value is -0.770. The normalized spacial score (nSPS) is 13.8. The van der Waals surface area contributed by atoms with Crippen LogP contribution < -0.4 is 5.32 Å². The fourth-order valence-corrected chi connectivity index (χ4v) is 1.13. The summed E-state index contributed by atoms with van der Waals surface area (Å²) in [6.45, 7) is 10.2. The van der Waals surface area contributed by atoms with Crippen LogP contribution in [-0.2, 0) is 4.74 Å². The zero-order chi connectivity index (χ0) is 12.1. The molecule has 0 aliphatic carbocycles. The number of alkyl carbamates (subject to hydrolysis) is 1. The van der Waals surface area contributed by atoms with E-state index in [2.05, 4.69) is 24.5 Å². The quantitative estimate of drug-likeness (QED) is 0.783. The average molecular weight is 215 g/mol. The summed E-state index contributed by atoms with van der Waals surface area (Å²) in [6, 6.07) is 0.150. The van der Waals surface area contributed by atoms with Crippen molar-refractivity contribution in [3.8, 4) is 0 Å². The highest BCUT2D eigenvalue weighted by Crippen LogP contribution is 2.09. The molecule has 0 aromatic carbocycles. The smallest absolute Gasteiger partial charge is 0.407 e. The van der Waals surface area contributed by atoms with E-state index in [9.17, 15) is 4.79 Å². The molecule has 0 aliphatic rings. The van der Waals surface area contributed by atoms with Crippen molar-refractivity contribution in [2.24, 2.45) is 5.92 Å². The molecular weight excluding hydrogens is 192 g/mol. The zero-order valence-corrected chi connectivity index (χ0v) is 10.6. The minimum atomic E-state index is -0.444. The van der Waals surface area contributed by atoms with Crippen LogP contribution in [0.4, 0.5) is 4.79 Å². The molecule has 4 heteroatoms. The lowest BCUT2D eigenvalue weighted by Gasteiger charge is -2.32. The molecule has 0 aromatic rings. The molecule has 0 fully saturated rings. The van der Waals surface area contributed by atoms with Gasteiger partial charge in [-0.15, -0.1) is 6.04 Å². The summed E-state index contributed by atoms with van der Waals surface area (Å²) in [5, 5.41) is 6.90. The molecule has 1 amide bonds. The number of carbonyl (C=O) groups is 1. The lowest BCUT2D eigenvalue weighted by atomic mass is 10.1. The Morgan fingerprint density at radius 1 is 1.40 bits per heavy atom. The Labute approximate surface area is 92.8 Å². The van der Waals surface area contributed by atoms with E-state index in [1.54, 1.807) is 7.05 Å². The number of hydrogen-bond donors (Lipinski definition) is 1. The Morgan fingerprint density at radius 2 is 1.93 bits per heavy atom. The molecule has 1 N–H and O–H groups in total. The van der Waals surface area contributed by atoms with Crippen molar-refractivity contribution in [2.75, 3.05) is 13.6 Å². The first-order valence-electron chi connectivity index (χ1n) is 5.32. The molecule has 0 aliphatic heterocycles. The summed E-state index contributed by atoms with van der Waals surface area (Å²) in [5.74, 6) is 0.421. The molecular formula is C11H23N2O2-. The molecule has 1 atom stereocenters. The molecule has 0 saturated heterocycles. The summed E-state index contributed by atoms with van der Waals surface area (Å²) < 4.78 is 5.12. The van der Waals surface area contributed by atoms with Crippen LogP contribution in [-0.4, -0.2) is 31.3 Å². The van der Waals surface area contributed by atoms with E-state index in [-0.39, 0.29) is 12.1 Å². The Balaban J connectivity index is 3.89. The van der Waals surface area contributed by atoms with Crippen molar-refractivity contribution in [1.29, 1.82) is 0 Å². The van der Waals surface area contributed by atoms with Crippen LogP contribution in [0, 0.1) is 5.92 Å². The van der Waals surface area contributed by atoms with Gasteiger partial charge in [-0.1, -0.05) is 19.8 Å². The fourth-order valence-electron chi connectivity index (χ4n) is 1.13. The molecule has 0 spiro atoms. The van der Waals surface area contributed by atoms with Crippen molar-refractivity contribution in [3.05, 3.63) is 5.32 Å². The van der Waals surface area contributed by atoms with Crippen LogP contribution in [0.25, 0.3) is 5.32 Å².